The Balaban J connectivity index is 2.27. The van der Waals surface area contributed by atoms with Gasteiger partial charge in [-0.15, -0.1) is 0 Å². The van der Waals surface area contributed by atoms with Gasteiger partial charge in [-0.3, -0.25) is 0 Å². The highest BCUT2D eigenvalue weighted by molar-refractivity contribution is 4.88. The lowest BCUT2D eigenvalue weighted by Crippen LogP contribution is -2.45. The summed E-state index contributed by atoms with van der Waals surface area (Å²) in [6.07, 6.45) is 2.79. The van der Waals surface area contributed by atoms with Crippen molar-refractivity contribution in [3.05, 3.63) is 0 Å². The molecule has 0 aromatic rings. The second-order valence-electron chi connectivity index (χ2n) is 6.70. The Kier molecular flexibility index (Phi) is 4.99. The molecule has 1 fully saturated rings. The first-order valence-corrected chi connectivity index (χ1v) is 6.66. The molecule has 102 valence electrons. The molecule has 1 saturated carbocycles. The summed E-state index contributed by atoms with van der Waals surface area (Å²) >= 11 is 0. The molecule has 3 heteroatoms. The summed E-state index contributed by atoms with van der Waals surface area (Å²) in [6.45, 7) is 11.5. The Hall–Kier alpha value is -0.120. The third-order valence-electron chi connectivity index (χ3n) is 3.41. The molecule has 0 spiro atoms. The van der Waals surface area contributed by atoms with Crippen molar-refractivity contribution in [3.63, 3.8) is 0 Å². The van der Waals surface area contributed by atoms with Crippen LogP contribution in [0.5, 0.6) is 0 Å². The second kappa shape index (κ2) is 5.68. The van der Waals surface area contributed by atoms with E-state index in [2.05, 4.69) is 13.8 Å². The number of aliphatic hydroxyl groups excluding tert-OH is 1. The zero-order valence-corrected chi connectivity index (χ0v) is 12.0. The number of aliphatic hydroxyl groups is 1. The zero-order chi connectivity index (χ0) is 13.1. The van der Waals surface area contributed by atoms with E-state index in [1.165, 1.54) is 0 Å². The maximum Gasteiger partial charge on any atom is 0.0852 e. The summed E-state index contributed by atoms with van der Waals surface area (Å²) in [5.41, 5.74) is -0.137. The molecule has 0 aromatic heterocycles. The summed E-state index contributed by atoms with van der Waals surface area (Å²) in [6, 6.07) is 0. The van der Waals surface area contributed by atoms with Gasteiger partial charge in [0.15, 0.2) is 0 Å². The van der Waals surface area contributed by atoms with Crippen LogP contribution >= 0.6 is 0 Å². The standard InChI is InChI=1S/C14H28O3/c1-13(2,3)17-10-9-16-11-7-6-8-14(4,5)12(11)15/h11-12,15H,6-10H2,1-5H3. The van der Waals surface area contributed by atoms with E-state index < -0.39 is 0 Å². The molecule has 1 aliphatic rings. The van der Waals surface area contributed by atoms with Gasteiger partial charge in [-0.25, -0.2) is 0 Å². The summed E-state index contributed by atoms with van der Waals surface area (Å²) in [5, 5.41) is 10.2. The highest BCUT2D eigenvalue weighted by atomic mass is 16.5. The average Bonchev–Trinajstić information content (AvgIpc) is 2.17. The topological polar surface area (TPSA) is 38.7 Å². The van der Waals surface area contributed by atoms with Crippen LogP contribution in [0.2, 0.25) is 0 Å². The van der Waals surface area contributed by atoms with Crippen molar-refractivity contribution in [1.29, 1.82) is 0 Å². The van der Waals surface area contributed by atoms with Crippen molar-refractivity contribution in [2.24, 2.45) is 5.41 Å². The van der Waals surface area contributed by atoms with Gasteiger partial charge in [-0.1, -0.05) is 20.3 Å². The second-order valence-corrected chi connectivity index (χ2v) is 6.70. The Morgan fingerprint density at radius 2 is 1.88 bits per heavy atom. The first-order chi connectivity index (χ1) is 7.72. The highest BCUT2D eigenvalue weighted by Gasteiger charge is 2.38. The van der Waals surface area contributed by atoms with Crippen molar-refractivity contribution in [2.75, 3.05) is 13.2 Å². The minimum atomic E-state index is -0.356. The van der Waals surface area contributed by atoms with Crippen molar-refractivity contribution >= 4 is 0 Å². The largest absolute Gasteiger partial charge is 0.390 e. The lowest BCUT2D eigenvalue weighted by Gasteiger charge is -2.40. The quantitative estimate of drug-likeness (QED) is 0.773. The predicted molar refractivity (Wildman–Crippen MR) is 69.1 cm³/mol. The normalized spacial score (nSPS) is 29.3. The van der Waals surface area contributed by atoms with E-state index in [-0.39, 0.29) is 23.2 Å². The minimum absolute atomic E-state index is 0.0200. The molecule has 1 aliphatic carbocycles. The van der Waals surface area contributed by atoms with E-state index in [0.29, 0.717) is 13.2 Å². The van der Waals surface area contributed by atoms with Gasteiger partial charge < -0.3 is 14.6 Å². The molecule has 2 atom stereocenters. The predicted octanol–water partition coefficient (Wildman–Crippen LogP) is 2.76. The van der Waals surface area contributed by atoms with E-state index in [9.17, 15) is 5.11 Å². The third kappa shape index (κ3) is 4.94. The van der Waals surface area contributed by atoms with Crippen LogP contribution in [0.4, 0.5) is 0 Å². The number of hydrogen-bond acceptors (Lipinski definition) is 3. The fourth-order valence-electron chi connectivity index (χ4n) is 2.29. The van der Waals surface area contributed by atoms with E-state index in [1.54, 1.807) is 0 Å². The van der Waals surface area contributed by atoms with Gasteiger partial charge in [-0.05, 0) is 39.0 Å². The molecular formula is C14H28O3. The maximum absolute atomic E-state index is 10.2. The summed E-state index contributed by atoms with van der Waals surface area (Å²) in [4.78, 5) is 0. The Morgan fingerprint density at radius 1 is 1.24 bits per heavy atom. The molecule has 0 bridgehead atoms. The van der Waals surface area contributed by atoms with Crippen LogP contribution in [0.3, 0.4) is 0 Å². The van der Waals surface area contributed by atoms with Gasteiger partial charge in [0.1, 0.15) is 0 Å². The molecule has 17 heavy (non-hydrogen) atoms. The minimum Gasteiger partial charge on any atom is -0.390 e. The smallest absolute Gasteiger partial charge is 0.0852 e. The molecule has 0 amide bonds. The number of hydrogen-bond donors (Lipinski definition) is 1. The van der Waals surface area contributed by atoms with Gasteiger partial charge in [0, 0.05) is 0 Å². The molecular weight excluding hydrogens is 216 g/mol. The fourth-order valence-corrected chi connectivity index (χ4v) is 2.29. The van der Waals surface area contributed by atoms with Gasteiger partial charge >= 0.3 is 0 Å². The monoisotopic (exact) mass is 244 g/mol. The SMILES string of the molecule is CC(C)(C)OCCOC1CCCC(C)(C)C1O. The van der Waals surface area contributed by atoms with Crippen LogP contribution in [0.1, 0.15) is 53.9 Å². The van der Waals surface area contributed by atoms with Gasteiger partial charge in [0.05, 0.1) is 31.0 Å². The molecule has 0 saturated heterocycles. The van der Waals surface area contributed by atoms with Crippen molar-refractivity contribution in [3.8, 4) is 0 Å². The fraction of sp³-hybridized carbons (Fsp3) is 1.00. The summed E-state index contributed by atoms with van der Waals surface area (Å²) in [5.74, 6) is 0. The van der Waals surface area contributed by atoms with Gasteiger partial charge in [0.2, 0.25) is 0 Å². The molecule has 0 aromatic carbocycles. The number of rotatable bonds is 4. The number of ether oxygens (including phenoxy) is 2. The molecule has 0 radical (unpaired) electrons. The van der Waals surface area contributed by atoms with E-state index in [1.807, 2.05) is 20.8 Å². The summed E-state index contributed by atoms with van der Waals surface area (Å²) in [7, 11) is 0. The third-order valence-corrected chi connectivity index (χ3v) is 3.41. The van der Waals surface area contributed by atoms with Crippen LogP contribution in [-0.2, 0) is 9.47 Å². The lowest BCUT2D eigenvalue weighted by molar-refractivity contribution is -0.128. The maximum atomic E-state index is 10.2. The lowest BCUT2D eigenvalue weighted by atomic mass is 9.73. The Bertz CT molecular complexity index is 230. The van der Waals surface area contributed by atoms with E-state index >= 15 is 0 Å². The van der Waals surface area contributed by atoms with Gasteiger partial charge in [-0.2, -0.15) is 0 Å². The van der Waals surface area contributed by atoms with Crippen LogP contribution in [-0.4, -0.2) is 36.1 Å². The van der Waals surface area contributed by atoms with Crippen LogP contribution < -0.4 is 0 Å². The van der Waals surface area contributed by atoms with Crippen LogP contribution in [0.25, 0.3) is 0 Å². The average molecular weight is 244 g/mol. The summed E-state index contributed by atoms with van der Waals surface area (Å²) < 4.78 is 11.4. The van der Waals surface area contributed by atoms with Crippen molar-refractivity contribution in [2.45, 2.75) is 71.7 Å². The zero-order valence-electron chi connectivity index (χ0n) is 12.0. The van der Waals surface area contributed by atoms with E-state index in [4.69, 9.17) is 9.47 Å². The van der Waals surface area contributed by atoms with Gasteiger partial charge in [0.25, 0.3) is 0 Å². The van der Waals surface area contributed by atoms with Crippen LogP contribution in [0.15, 0.2) is 0 Å². The molecule has 2 unspecified atom stereocenters. The Labute approximate surface area is 105 Å². The first kappa shape index (κ1) is 14.9. The van der Waals surface area contributed by atoms with Crippen molar-refractivity contribution in [1.82, 2.24) is 0 Å². The Morgan fingerprint density at radius 3 is 2.47 bits per heavy atom. The van der Waals surface area contributed by atoms with Crippen molar-refractivity contribution < 1.29 is 14.6 Å². The van der Waals surface area contributed by atoms with Crippen LogP contribution in [0, 0.1) is 5.41 Å². The first-order valence-electron chi connectivity index (χ1n) is 6.66. The highest BCUT2D eigenvalue weighted by Crippen LogP contribution is 2.36. The molecule has 1 N–H and O–H groups in total. The molecule has 0 aliphatic heterocycles. The molecule has 0 heterocycles. The molecule has 1 rings (SSSR count). The van der Waals surface area contributed by atoms with E-state index in [0.717, 1.165) is 19.3 Å². The molecule has 3 nitrogen and oxygen atoms in total.